The van der Waals surface area contributed by atoms with E-state index in [4.69, 9.17) is 0 Å². The van der Waals surface area contributed by atoms with Crippen LogP contribution in [0.2, 0.25) is 0 Å². The van der Waals surface area contributed by atoms with Gasteiger partial charge in [0.2, 0.25) is 5.91 Å². The highest BCUT2D eigenvalue weighted by Gasteiger charge is 2.10. The first-order chi connectivity index (χ1) is 11.8. The molecule has 0 aliphatic rings. The van der Waals surface area contributed by atoms with Crippen molar-refractivity contribution < 1.29 is 18.5 Å². The second kappa shape index (κ2) is 8.43. The molecule has 0 fully saturated rings. The van der Waals surface area contributed by atoms with Crippen molar-refractivity contribution in [2.75, 3.05) is 17.2 Å². The van der Waals surface area contributed by atoms with Crippen molar-refractivity contribution in [2.45, 2.75) is 17.6 Å². The normalized spacial score (nSPS) is 10.6. The van der Waals surface area contributed by atoms with E-state index in [1.165, 1.54) is 36.4 Å². The molecule has 0 heterocycles. The number of non-ortho nitro benzene ring substituents is 1. The number of hydrogen-bond donors (Lipinski definition) is 2. The lowest BCUT2D eigenvalue weighted by molar-refractivity contribution is -0.384. The Morgan fingerprint density at radius 2 is 1.92 bits per heavy atom. The minimum absolute atomic E-state index is 0.0689. The van der Waals surface area contributed by atoms with Crippen LogP contribution in [0.3, 0.4) is 0 Å². The minimum atomic E-state index is -2.50. The average molecular weight is 367 g/mol. The fourth-order valence-electron chi connectivity index (χ4n) is 2.01. The Bertz CT molecular complexity index is 770. The molecule has 0 bridgehead atoms. The summed E-state index contributed by atoms with van der Waals surface area (Å²) in [5.41, 5.74) is 1.67. The van der Waals surface area contributed by atoms with Crippen molar-refractivity contribution in [3.8, 4) is 0 Å². The number of halogens is 2. The van der Waals surface area contributed by atoms with Gasteiger partial charge in [0.05, 0.1) is 11.5 Å². The molecule has 0 radical (unpaired) electrons. The third-order valence-electron chi connectivity index (χ3n) is 3.23. The van der Waals surface area contributed by atoms with E-state index in [-0.39, 0.29) is 18.1 Å². The van der Waals surface area contributed by atoms with E-state index in [9.17, 15) is 23.7 Å². The minimum Gasteiger partial charge on any atom is -0.376 e. The summed E-state index contributed by atoms with van der Waals surface area (Å²) < 4.78 is 24.5. The van der Waals surface area contributed by atoms with Gasteiger partial charge in [-0.05, 0) is 36.8 Å². The van der Waals surface area contributed by atoms with E-state index in [0.717, 1.165) is 5.56 Å². The van der Waals surface area contributed by atoms with Crippen LogP contribution < -0.4 is 10.6 Å². The molecule has 0 spiro atoms. The summed E-state index contributed by atoms with van der Waals surface area (Å²) in [6, 6.07) is 10.4. The van der Waals surface area contributed by atoms with Gasteiger partial charge in [-0.2, -0.15) is 8.78 Å². The largest absolute Gasteiger partial charge is 0.376 e. The molecule has 25 heavy (non-hydrogen) atoms. The zero-order valence-corrected chi connectivity index (χ0v) is 14.0. The number of aryl methyl sites for hydroxylation is 1. The van der Waals surface area contributed by atoms with Gasteiger partial charge in [-0.15, -0.1) is 0 Å². The molecule has 0 atom stereocenters. The first kappa shape index (κ1) is 18.7. The summed E-state index contributed by atoms with van der Waals surface area (Å²) in [6.07, 6.45) is 0. The Labute approximate surface area is 146 Å². The molecule has 0 saturated carbocycles. The van der Waals surface area contributed by atoms with Crippen LogP contribution in [0.1, 0.15) is 5.56 Å². The van der Waals surface area contributed by atoms with Crippen molar-refractivity contribution in [2.24, 2.45) is 0 Å². The van der Waals surface area contributed by atoms with Crippen molar-refractivity contribution in [3.05, 3.63) is 58.1 Å². The van der Waals surface area contributed by atoms with Crippen LogP contribution in [0, 0.1) is 17.0 Å². The quantitative estimate of drug-likeness (QED) is 0.434. The van der Waals surface area contributed by atoms with Crippen LogP contribution in [0.15, 0.2) is 47.4 Å². The third kappa shape index (κ3) is 5.71. The number of rotatable bonds is 7. The van der Waals surface area contributed by atoms with E-state index in [2.05, 4.69) is 10.6 Å². The zero-order valence-electron chi connectivity index (χ0n) is 13.2. The Balaban J connectivity index is 1.92. The van der Waals surface area contributed by atoms with Gasteiger partial charge < -0.3 is 10.6 Å². The average Bonchev–Trinajstić information content (AvgIpc) is 2.55. The van der Waals surface area contributed by atoms with E-state index in [1.807, 2.05) is 0 Å². The van der Waals surface area contributed by atoms with Crippen molar-refractivity contribution in [3.63, 3.8) is 0 Å². The van der Waals surface area contributed by atoms with Crippen LogP contribution in [-0.4, -0.2) is 23.1 Å². The number of thioether (sulfide) groups is 1. The van der Waals surface area contributed by atoms with Crippen LogP contribution in [0.5, 0.6) is 0 Å². The van der Waals surface area contributed by atoms with E-state index < -0.39 is 10.7 Å². The molecule has 1 amide bonds. The number of benzene rings is 2. The summed E-state index contributed by atoms with van der Waals surface area (Å²) in [4.78, 5) is 22.6. The lowest BCUT2D eigenvalue weighted by atomic mass is 10.2. The highest BCUT2D eigenvalue weighted by atomic mass is 32.2. The number of nitrogens with one attached hydrogen (secondary N) is 2. The lowest BCUT2D eigenvalue weighted by Gasteiger charge is -2.10. The highest BCUT2D eigenvalue weighted by molar-refractivity contribution is 7.99. The second-order valence-corrected chi connectivity index (χ2v) is 6.12. The van der Waals surface area contributed by atoms with Crippen LogP contribution in [0.4, 0.5) is 25.8 Å². The van der Waals surface area contributed by atoms with Crippen molar-refractivity contribution in [1.29, 1.82) is 0 Å². The molecular formula is C16H15F2N3O3S. The maximum Gasteiger partial charge on any atom is 0.288 e. The predicted octanol–water partition coefficient (Wildman–Crippen LogP) is 4.27. The molecule has 2 aromatic carbocycles. The van der Waals surface area contributed by atoms with Gasteiger partial charge >= 0.3 is 0 Å². The number of nitro benzene ring substituents is 1. The molecule has 9 heteroatoms. The molecule has 0 aromatic heterocycles. The number of amides is 1. The molecule has 2 rings (SSSR count). The molecule has 0 unspecified atom stereocenters. The Morgan fingerprint density at radius 3 is 2.52 bits per heavy atom. The summed E-state index contributed by atoms with van der Waals surface area (Å²) in [5, 5.41) is 16.3. The molecule has 2 N–H and O–H groups in total. The molecule has 0 aliphatic heterocycles. The van der Waals surface area contributed by atoms with Gasteiger partial charge in [0.15, 0.2) is 0 Å². The number of nitrogens with zero attached hydrogens (tertiary/aromatic N) is 1. The number of carbonyl (C=O) groups is 1. The molecular weight excluding hydrogens is 352 g/mol. The maximum atomic E-state index is 12.2. The zero-order chi connectivity index (χ0) is 18.4. The fourth-order valence-corrected chi connectivity index (χ4v) is 2.51. The van der Waals surface area contributed by atoms with Crippen LogP contribution in [-0.2, 0) is 4.79 Å². The van der Waals surface area contributed by atoms with Gasteiger partial charge in [-0.25, -0.2) is 0 Å². The summed E-state index contributed by atoms with van der Waals surface area (Å²) in [7, 11) is 0. The smallest absolute Gasteiger partial charge is 0.288 e. The number of alkyl halides is 2. The molecule has 132 valence electrons. The second-order valence-electron chi connectivity index (χ2n) is 5.06. The number of anilines is 2. The van der Waals surface area contributed by atoms with Crippen LogP contribution in [0.25, 0.3) is 0 Å². The number of hydrogen-bond acceptors (Lipinski definition) is 5. The standard InChI is InChI=1S/C16H15F2N3O3S/c1-10-2-5-12(21(23)24)8-14(10)19-9-15(22)20-11-3-6-13(7-4-11)25-16(17)18/h2-8,16,19H,9H2,1H3,(H,20,22). The Kier molecular flexibility index (Phi) is 6.29. The van der Waals surface area contributed by atoms with E-state index in [0.29, 0.717) is 28.0 Å². The van der Waals surface area contributed by atoms with Gasteiger partial charge in [0, 0.05) is 28.4 Å². The predicted molar refractivity (Wildman–Crippen MR) is 93.3 cm³/mol. The summed E-state index contributed by atoms with van der Waals surface area (Å²) in [6.45, 7) is 1.68. The fraction of sp³-hybridized carbons (Fsp3) is 0.188. The van der Waals surface area contributed by atoms with Crippen LogP contribution >= 0.6 is 11.8 Å². The topological polar surface area (TPSA) is 84.3 Å². The van der Waals surface area contributed by atoms with E-state index >= 15 is 0 Å². The summed E-state index contributed by atoms with van der Waals surface area (Å²) in [5.74, 6) is -2.86. The molecule has 0 saturated heterocycles. The first-order valence-corrected chi connectivity index (χ1v) is 8.07. The molecule has 2 aromatic rings. The van der Waals surface area contributed by atoms with Gasteiger partial charge in [0.25, 0.3) is 11.4 Å². The SMILES string of the molecule is Cc1ccc([N+](=O)[O-])cc1NCC(=O)Nc1ccc(SC(F)F)cc1. The number of carbonyl (C=O) groups excluding carboxylic acids is 1. The number of nitro groups is 1. The highest BCUT2D eigenvalue weighted by Crippen LogP contribution is 2.26. The lowest BCUT2D eigenvalue weighted by Crippen LogP contribution is -2.22. The third-order valence-corrected chi connectivity index (χ3v) is 3.96. The Hall–Kier alpha value is -2.68. The maximum absolute atomic E-state index is 12.2. The molecule has 0 aliphatic carbocycles. The van der Waals surface area contributed by atoms with E-state index in [1.54, 1.807) is 13.0 Å². The molecule has 6 nitrogen and oxygen atoms in total. The van der Waals surface area contributed by atoms with Gasteiger partial charge in [-0.3, -0.25) is 14.9 Å². The summed E-state index contributed by atoms with van der Waals surface area (Å²) >= 11 is 0.425. The van der Waals surface area contributed by atoms with Crippen molar-refractivity contribution in [1.82, 2.24) is 0 Å². The van der Waals surface area contributed by atoms with Gasteiger partial charge in [-0.1, -0.05) is 17.8 Å². The van der Waals surface area contributed by atoms with Gasteiger partial charge in [0.1, 0.15) is 0 Å². The monoisotopic (exact) mass is 367 g/mol. The first-order valence-electron chi connectivity index (χ1n) is 7.19. The Morgan fingerprint density at radius 1 is 1.24 bits per heavy atom. The van der Waals surface area contributed by atoms with Crippen molar-refractivity contribution >= 4 is 34.7 Å².